The fraction of sp³-hybridized carbons (Fsp3) is 0.533. The highest BCUT2D eigenvalue weighted by Crippen LogP contribution is 2.16. The van der Waals surface area contributed by atoms with Gasteiger partial charge in [-0.05, 0) is 86.1 Å². The van der Waals surface area contributed by atoms with Gasteiger partial charge < -0.3 is 25.7 Å². The summed E-state index contributed by atoms with van der Waals surface area (Å²) in [5, 5.41) is 26.6. The second kappa shape index (κ2) is 17.3. The van der Waals surface area contributed by atoms with Crippen molar-refractivity contribution in [1.29, 1.82) is 0 Å². The number of hydrogen-bond donors (Lipinski definition) is 4. The van der Waals surface area contributed by atoms with Gasteiger partial charge in [0.1, 0.15) is 11.6 Å². The third-order valence-corrected chi connectivity index (χ3v) is 7.17. The van der Waals surface area contributed by atoms with E-state index in [9.17, 15) is 28.6 Å². The summed E-state index contributed by atoms with van der Waals surface area (Å²) >= 11 is 1.64. The number of amides is 2. The molecule has 2 aromatic carbocycles. The van der Waals surface area contributed by atoms with Gasteiger partial charge in [-0.1, -0.05) is 13.8 Å². The first-order valence-corrected chi connectivity index (χ1v) is 15.2. The van der Waals surface area contributed by atoms with Crippen LogP contribution in [-0.4, -0.2) is 83.4 Å². The summed E-state index contributed by atoms with van der Waals surface area (Å²) in [4.78, 5) is 28.4. The van der Waals surface area contributed by atoms with Crippen molar-refractivity contribution in [3.63, 3.8) is 0 Å². The summed E-state index contributed by atoms with van der Waals surface area (Å²) in [5.74, 6) is -1.36. The number of halogens is 2. The highest BCUT2D eigenvalue weighted by Gasteiger charge is 2.25. The van der Waals surface area contributed by atoms with E-state index in [2.05, 4.69) is 10.6 Å². The lowest BCUT2D eigenvalue weighted by Gasteiger charge is -2.27. The summed E-state index contributed by atoms with van der Waals surface area (Å²) < 4.78 is 27.8. The fourth-order valence-corrected chi connectivity index (χ4v) is 5.06. The van der Waals surface area contributed by atoms with Crippen LogP contribution in [0, 0.1) is 18.6 Å². The van der Waals surface area contributed by atoms with Crippen LogP contribution >= 0.6 is 11.8 Å². The molecule has 2 amide bonds. The predicted octanol–water partition coefficient (Wildman–Crippen LogP) is 3.94. The lowest BCUT2D eigenvalue weighted by Crippen LogP contribution is -2.50. The van der Waals surface area contributed by atoms with Crippen molar-refractivity contribution >= 4 is 23.6 Å². The van der Waals surface area contributed by atoms with Gasteiger partial charge in [0, 0.05) is 42.9 Å². The van der Waals surface area contributed by atoms with E-state index in [-0.39, 0.29) is 42.6 Å². The number of nitrogens with zero attached hydrogens (tertiary/aromatic N) is 1. The third-order valence-electron chi connectivity index (χ3n) is 6.53. The number of carbonyl (C=O) groups excluding carboxylic acids is 2. The number of aliphatic hydroxyl groups is 2. The van der Waals surface area contributed by atoms with Crippen molar-refractivity contribution < 1.29 is 28.6 Å². The van der Waals surface area contributed by atoms with Gasteiger partial charge in [-0.15, -0.1) is 0 Å². The van der Waals surface area contributed by atoms with Crippen LogP contribution < -0.4 is 10.6 Å². The Balaban J connectivity index is 2.29. The summed E-state index contributed by atoms with van der Waals surface area (Å²) in [6.45, 7) is 6.95. The Kier molecular flexibility index (Phi) is 14.6. The molecule has 222 valence electrons. The van der Waals surface area contributed by atoms with Crippen LogP contribution in [0.3, 0.4) is 0 Å². The Bertz CT molecular complexity index is 1080. The summed E-state index contributed by atoms with van der Waals surface area (Å²) in [6, 6.07) is 6.88. The van der Waals surface area contributed by atoms with Crippen LogP contribution in [0.15, 0.2) is 36.4 Å². The van der Waals surface area contributed by atoms with E-state index in [0.29, 0.717) is 25.1 Å². The molecular formula is C30H43F2N3O4S. The zero-order valence-electron chi connectivity index (χ0n) is 23.9. The van der Waals surface area contributed by atoms with E-state index < -0.39 is 29.7 Å². The second-order valence-corrected chi connectivity index (χ2v) is 11.1. The SMILES string of the molecule is CCCN(CCC)C(=O)c1cc(C)cc(C(=O)N[C@@H](Cc2cc(F)cc(F)c2)[C@H](O)CN[C@H](CO)CCSC)c1. The summed E-state index contributed by atoms with van der Waals surface area (Å²) in [5.41, 5.74) is 1.66. The van der Waals surface area contributed by atoms with Crippen molar-refractivity contribution in [2.75, 3.05) is 38.2 Å². The molecule has 0 aliphatic heterocycles. The first-order chi connectivity index (χ1) is 19.1. The zero-order chi connectivity index (χ0) is 29.7. The van der Waals surface area contributed by atoms with E-state index in [0.717, 1.165) is 42.4 Å². The molecular weight excluding hydrogens is 536 g/mol. The van der Waals surface area contributed by atoms with Crippen molar-refractivity contribution in [3.05, 3.63) is 70.3 Å². The second-order valence-electron chi connectivity index (χ2n) is 10.1. The van der Waals surface area contributed by atoms with Crippen LogP contribution in [0.5, 0.6) is 0 Å². The van der Waals surface area contributed by atoms with Crippen molar-refractivity contribution in [2.24, 2.45) is 0 Å². The van der Waals surface area contributed by atoms with E-state index >= 15 is 0 Å². The molecule has 0 aromatic heterocycles. The highest BCUT2D eigenvalue weighted by molar-refractivity contribution is 7.98. The van der Waals surface area contributed by atoms with Gasteiger partial charge in [-0.3, -0.25) is 9.59 Å². The Hall–Kier alpha value is -2.53. The average Bonchev–Trinajstić information content (AvgIpc) is 2.91. The molecule has 7 nitrogen and oxygen atoms in total. The maximum Gasteiger partial charge on any atom is 0.253 e. The maximum atomic E-state index is 13.9. The molecule has 0 radical (unpaired) electrons. The lowest BCUT2D eigenvalue weighted by molar-refractivity contribution is 0.0755. The minimum atomic E-state index is -1.13. The third kappa shape index (κ3) is 10.8. The number of aryl methyl sites for hydroxylation is 1. The Morgan fingerprint density at radius 3 is 2.20 bits per heavy atom. The number of thioether (sulfide) groups is 1. The first-order valence-electron chi connectivity index (χ1n) is 13.8. The lowest BCUT2D eigenvalue weighted by atomic mass is 9.99. The van der Waals surface area contributed by atoms with Crippen LogP contribution in [0.1, 0.15) is 65.0 Å². The van der Waals surface area contributed by atoms with Gasteiger partial charge in [0.25, 0.3) is 11.8 Å². The van der Waals surface area contributed by atoms with Gasteiger partial charge in [-0.2, -0.15) is 11.8 Å². The molecule has 0 fully saturated rings. The molecule has 0 saturated carbocycles. The molecule has 0 unspecified atom stereocenters. The normalized spacial score (nSPS) is 13.5. The molecule has 40 heavy (non-hydrogen) atoms. The van der Waals surface area contributed by atoms with Gasteiger partial charge in [-0.25, -0.2) is 8.78 Å². The van der Waals surface area contributed by atoms with Crippen LogP contribution in [0.2, 0.25) is 0 Å². The largest absolute Gasteiger partial charge is 0.395 e. The monoisotopic (exact) mass is 579 g/mol. The van der Waals surface area contributed by atoms with Crippen LogP contribution in [0.4, 0.5) is 8.78 Å². The van der Waals surface area contributed by atoms with Gasteiger partial charge >= 0.3 is 0 Å². The molecule has 2 aromatic rings. The predicted molar refractivity (Wildman–Crippen MR) is 157 cm³/mol. The number of benzene rings is 2. The quantitative estimate of drug-likeness (QED) is 0.227. The van der Waals surface area contributed by atoms with Crippen molar-refractivity contribution in [2.45, 2.75) is 64.6 Å². The molecule has 3 atom stereocenters. The van der Waals surface area contributed by atoms with Crippen LogP contribution in [0.25, 0.3) is 0 Å². The maximum absolute atomic E-state index is 13.9. The first kappa shape index (κ1) is 33.7. The highest BCUT2D eigenvalue weighted by atomic mass is 32.2. The number of rotatable bonds is 17. The zero-order valence-corrected chi connectivity index (χ0v) is 24.7. The molecule has 0 saturated heterocycles. The van der Waals surface area contributed by atoms with E-state index in [1.165, 1.54) is 6.07 Å². The molecule has 4 N–H and O–H groups in total. The Morgan fingerprint density at radius 2 is 1.62 bits per heavy atom. The number of carbonyl (C=O) groups is 2. The summed E-state index contributed by atoms with van der Waals surface area (Å²) in [7, 11) is 0. The van der Waals surface area contributed by atoms with Crippen molar-refractivity contribution in [3.8, 4) is 0 Å². The molecule has 0 spiro atoms. The molecule has 0 aliphatic rings. The van der Waals surface area contributed by atoms with Gasteiger partial charge in [0.15, 0.2) is 0 Å². The fourth-order valence-electron chi connectivity index (χ4n) is 4.54. The van der Waals surface area contributed by atoms with Gasteiger partial charge in [0.05, 0.1) is 18.8 Å². The number of nitrogens with one attached hydrogen (secondary N) is 2. The minimum Gasteiger partial charge on any atom is -0.395 e. The number of aliphatic hydroxyl groups excluding tert-OH is 2. The Morgan fingerprint density at radius 1 is 1.00 bits per heavy atom. The van der Waals surface area contributed by atoms with Crippen LogP contribution in [-0.2, 0) is 6.42 Å². The molecule has 0 aliphatic carbocycles. The molecule has 0 bridgehead atoms. The topological polar surface area (TPSA) is 102 Å². The molecule has 0 heterocycles. The van der Waals surface area contributed by atoms with Gasteiger partial charge in [0.2, 0.25) is 0 Å². The standard InChI is InChI=1S/C30H43F2N3O4S/c1-5-8-35(9-6-2)30(39)23-12-20(3)11-22(16-23)29(38)34-27(15-21-13-24(31)17-25(32)14-21)28(37)18-33-26(19-36)7-10-40-4/h11-14,16-17,26-28,33,36-37H,5-10,15,18-19H2,1-4H3,(H,34,38)/t26-,27-,28+/m0/s1. The average molecular weight is 580 g/mol. The summed E-state index contributed by atoms with van der Waals surface area (Å²) in [6.07, 6.45) is 3.11. The Labute approximate surface area is 240 Å². The number of hydrogen-bond acceptors (Lipinski definition) is 6. The van der Waals surface area contributed by atoms with Crippen molar-refractivity contribution in [1.82, 2.24) is 15.5 Å². The minimum absolute atomic E-state index is 0.0315. The van der Waals surface area contributed by atoms with E-state index in [1.54, 1.807) is 35.7 Å². The van der Waals surface area contributed by atoms with E-state index in [1.807, 2.05) is 20.1 Å². The molecule has 2 rings (SSSR count). The van der Waals surface area contributed by atoms with E-state index in [4.69, 9.17) is 0 Å². The smallest absolute Gasteiger partial charge is 0.253 e. The molecule has 10 heteroatoms.